The number of carbonyl (C=O) groups excluding carboxylic acids is 2. The number of aryl methyl sites for hydroxylation is 2. The molecule has 1 aromatic carbocycles. The molecule has 1 N–H and O–H groups in total. The normalized spacial score (nSPS) is 10.8. The summed E-state index contributed by atoms with van der Waals surface area (Å²) in [6.07, 6.45) is 0. The highest BCUT2D eigenvalue weighted by molar-refractivity contribution is 7.13. The summed E-state index contributed by atoms with van der Waals surface area (Å²) in [4.78, 5) is 43.4. The zero-order chi connectivity index (χ0) is 20.8. The highest BCUT2D eigenvalue weighted by atomic mass is 32.1. The van der Waals surface area contributed by atoms with Crippen molar-refractivity contribution in [1.29, 1.82) is 0 Å². The molecule has 0 unspecified atom stereocenters. The fraction of sp³-hybridized carbons (Fsp3) is 0.389. The number of amides is 2. The molecule has 0 fully saturated rings. The van der Waals surface area contributed by atoms with Crippen molar-refractivity contribution in [3.8, 4) is 0 Å². The van der Waals surface area contributed by atoms with Gasteiger partial charge in [-0.1, -0.05) is 6.07 Å². The van der Waals surface area contributed by atoms with Crippen LogP contribution in [0, 0.1) is 24.0 Å². The van der Waals surface area contributed by atoms with Crippen molar-refractivity contribution in [3.63, 3.8) is 0 Å². The second-order valence-electron chi connectivity index (χ2n) is 6.63. The largest absolute Gasteiger partial charge is 0.328 e. The number of carbonyl (C=O) groups is 2. The van der Waals surface area contributed by atoms with Crippen molar-refractivity contribution < 1.29 is 14.5 Å². The predicted octanol–water partition coefficient (Wildman–Crippen LogP) is 2.31. The summed E-state index contributed by atoms with van der Waals surface area (Å²) in [5.41, 5.74) is 1.32. The van der Waals surface area contributed by atoms with Gasteiger partial charge in [0.25, 0.3) is 11.6 Å². The van der Waals surface area contributed by atoms with E-state index in [1.165, 1.54) is 34.4 Å². The molecule has 0 aliphatic carbocycles. The van der Waals surface area contributed by atoms with Crippen LogP contribution in [-0.4, -0.2) is 65.3 Å². The lowest BCUT2D eigenvalue weighted by atomic mass is 10.1. The predicted molar refractivity (Wildman–Crippen MR) is 108 cm³/mol. The smallest absolute Gasteiger partial charge is 0.273 e. The van der Waals surface area contributed by atoms with Crippen LogP contribution in [0.3, 0.4) is 0 Å². The summed E-state index contributed by atoms with van der Waals surface area (Å²) in [7, 11) is 3.72. The van der Waals surface area contributed by atoms with Gasteiger partial charge in [-0.3, -0.25) is 19.7 Å². The van der Waals surface area contributed by atoms with E-state index in [1.807, 2.05) is 31.3 Å². The first-order valence-electron chi connectivity index (χ1n) is 8.58. The molecule has 0 aliphatic heterocycles. The van der Waals surface area contributed by atoms with E-state index >= 15 is 0 Å². The number of nitrogens with one attached hydrogen (secondary N) is 1. The van der Waals surface area contributed by atoms with Crippen LogP contribution in [0.1, 0.15) is 21.6 Å². The van der Waals surface area contributed by atoms with Gasteiger partial charge in [-0.05, 0) is 34.0 Å². The summed E-state index contributed by atoms with van der Waals surface area (Å²) >= 11 is 1.31. The molecule has 1 aromatic heterocycles. The number of benzene rings is 1. The maximum Gasteiger partial charge on any atom is 0.273 e. The minimum absolute atomic E-state index is 0.124. The molecule has 0 atom stereocenters. The summed E-state index contributed by atoms with van der Waals surface area (Å²) in [5.74, 6) is -0.807. The number of aromatic nitrogens is 1. The van der Waals surface area contributed by atoms with Crippen LogP contribution < -0.4 is 5.32 Å². The molecular weight excluding hydrogens is 382 g/mol. The van der Waals surface area contributed by atoms with Gasteiger partial charge in [-0.2, -0.15) is 0 Å². The van der Waals surface area contributed by atoms with Crippen molar-refractivity contribution >= 4 is 34.0 Å². The quantitative estimate of drug-likeness (QED) is 0.533. The first-order chi connectivity index (χ1) is 13.2. The second-order valence-corrected chi connectivity index (χ2v) is 7.49. The molecule has 0 bridgehead atoms. The monoisotopic (exact) mass is 405 g/mol. The fourth-order valence-corrected chi connectivity index (χ4v) is 3.14. The lowest BCUT2D eigenvalue weighted by molar-refractivity contribution is -0.385. The number of likely N-dealkylation sites (N-methyl/N-ethyl adjacent to an activating group) is 1. The highest BCUT2D eigenvalue weighted by Crippen LogP contribution is 2.20. The number of anilines is 1. The minimum atomic E-state index is -0.520. The van der Waals surface area contributed by atoms with Crippen LogP contribution in [0.15, 0.2) is 23.6 Å². The Morgan fingerprint density at radius 2 is 1.96 bits per heavy atom. The van der Waals surface area contributed by atoms with Gasteiger partial charge in [0.1, 0.15) is 6.54 Å². The fourth-order valence-electron chi connectivity index (χ4n) is 2.44. The molecule has 9 nitrogen and oxygen atoms in total. The maximum atomic E-state index is 12.9. The van der Waals surface area contributed by atoms with E-state index in [9.17, 15) is 19.7 Å². The van der Waals surface area contributed by atoms with Gasteiger partial charge >= 0.3 is 0 Å². The lowest BCUT2D eigenvalue weighted by Gasteiger charge is -2.24. The van der Waals surface area contributed by atoms with Crippen molar-refractivity contribution in [1.82, 2.24) is 14.8 Å². The topological polar surface area (TPSA) is 109 Å². The molecule has 150 valence electrons. The SMILES string of the molecule is Cc1csc(NC(=O)CN(CCN(C)C)C(=O)c2ccc(C)c([N+](=O)[O-])c2)n1. The van der Waals surface area contributed by atoms with Gasteiger partial charge in [-0.15, -0.1) is 11.3 Å². The Balaban J connectivity index is 2.19. The molecule has 10 heteroatoms. The van der Waals surface area contributed by atoms with Crippen molar-refractivity contribution in [2.75, 3.05) is 39.0 Å². The first-order valence-corrected chi connectivity index (χ1v) is 9.46. The third-order valence-electron chi connectivity index (χ3n) is 3.96. The standard InChI is InChI=1S/C18H23N5O4S/c1-12-5-6-14(9-15(12)23(26)27)17(25)22(8-7-21(3)4)10-16(24)20-18-19-13(2)11-28-18/h5-6,9,11H,7-8,10H2,1-4H3,(H,19,20,24). The van der Waals surface area contributed by atoms with Gasteiger partial charge in [-0.25, -0.2) is 4.98 Å². The molecule has 1 heterocycles. The van der Waals surface area contributed by atoms with Gasteiger partial charge in [0.05, 0.1) is 10.6 Å². The van der Waals surface area contributed by atoms with E-state index < -0.39 is 10.8 Å². The van der Waals surface area contributed by atoms with E-state index in [-0.39, 0.29) is 23.7 Å². The molecule has 0 spiro atoms. The summed E-state index contributed by atoms with van der Waals surface area (Å²) in [6, 6.07) is 4.33. The lowest BCUT2D eigenvalue weighted by Crippen LogP contribution is -2.41. The van der Waals surface area contributed by atoms with Crippen LogP contribution in [0.2, 0.25) is 0 Å². The average Bonchev–Trinajstić information content (AvgIpc) is 3.02. The third-order valence-corrected chi connectivity index (χ3v) is 4.83. The molecule has 2 rings (SSSR count). The van der Waals surface area contributed by atoms with Crippen molar-refractivity contribution in [2.45, 2.75) is 13.8 Å². The number of rotatable bonds is 8. The van der Waals surface area contributed by atoms with Gasteiger partial charge < -0.3 is 15.1 Å². The molecule has 28 heavy (non-hydrogen) atoms. The van der Waals surface area contributed by atoms with E-state index in [1.54, 1.807) is 6.92 Å². The molecule has 0 aliphatic rings. The maximum absolute atomic E-state index is 12.9. The number of thiazole rings is 1. The Labute approximate surface area is 167 Å². The summed E-state index contributed by atoms with van der Waals surface area (Å²) in [5, 5.41) is 16.1. The molecule has 0 saturated heterocycles. The van der Waals surface area contributed by atoms with E-state index in [4.69, 9.17) is 0 Å². The van der Waals surface area contributed by atoms with Crippen LogP contribution >= 0.6 is 11.3 Å². The Hall–Kier alpha value is -2.85. The third kappa shape index (κ3) is 5.83. The first kappa shape index (κ1) is 21.5. The van der Waals surface area contributed by atoms with Crippen molar-refractivity contribution in [3.05, 3.63) is 50.5 Å². The Bertz CT molecular complexity index is 881. The van der Waals surface area contributed by atoms with Crippen LogP contribution in [0.4, 0.5) is 10.8 Å². The summed E-state index contributed by atoms with van der Waals surface area (Å²) < 4.78 is 0. The van der Waals surface area contributed by atoms with E-state index in [0.29, 0.717) is 23.8 Å². The number of nitrogens with zero attached hydrogens (tertiary/aromatic N) is 4. The molecule has 0 saturated carbocycles. The van der Waals surface area contributed by atoms with Gasteiger partial charge in [0, 0.05) is 35.7 Å². The van der Waals surface area contributed by atoms with Crippen LogP contribution in [0.5, 0.6) is 0 Å². The van der Waals surface area contributed by atoms with Crippen LogP contribution in [-0.2, 0) is 4.79 Å². The number of nitro benzene ring substituents is 1. The van der Waals surface area contributed by atoms with Gasteiger partial charge in [0.2, 0.25) is 5.91 Å². The average molecular weight is 405 g/mol. The Kier molecular flexibility index (Phi) is 7.18. The highest BCUT2D eigenvalue weighted by Gasteiger charge is 2.22. The van der Waals surface area contributed by atoms with Crippen molar-refractivity contribution in [2.24, 2.45) is 0 Å². The Morgan fingerprint density at radius 1 is 1.25 bits per heavy atom. The number of nitro groups is 1. The van der Waals surface area contributed by atoms with Crippen LogP contribution in [0.25, 0.3) is 0 Å². The molecule has 2 aromatic rings. The molecular formula is C18H23N5O4S. The zero-order valence-electron chi connectivity index (χ0n) is 16.3. The van der Waals surface area contributed by atoms with Gasteiger partial charge in [0.15, 0.2) is 5.13 Å². The van der Waals surface area contributed by atoms with E-state index in [2.05, 4.69) is 10.3 Å². The second kappa shape index (κ2) is 9.38. The minimum Gasteiger partial charge on any atom is -0.328 e. The summed E-state index contributed by atoms with van der Waals surface area (Å²) in [6.45, 7) is 4.11. The Morgan fingerprint density at radius 3 is 2.54 bits per heavy atom. The molecule has 2 amide bonds. The molecule has 0 radical (unpaired) electrons. The number of hydrogen-bond acceptors (Lipinski definition) is 7. The number of hydrogen-bond donors (Lipinski definition) is 1. The zero-order valence-corrected chi connectivity index (χ0v) is 17.1. The van der Waals surface area contributed by atoms with E-state index in [0.717, 1.165) is 5.69 Å².